The molecule has 10 aromatic rings. The zero-order chi connectivity index (χ0) is 37.8. The largest absolute Gasteiger partial charge is 0.208 e. The van der Waals surface area contributed by atoms with E-state index in [1.54, 1.807) is 0 Å². The Bertz CT molecular complexity index is 3010. The summed E-state index contributed by atoms with van der Waals surface area (Å²) >= 11 is 0. The van der Waals surface area contributed by atoms with Gasteiger partial charge in [0.15, 0.2) is 17.5 Å². The number of aromatic nitrogens is 3. The Balaban J connectivity index is 1.10. The molecule has 0 fully saturated rings. The Labute approximate surface area is 331 Å². The van der Waals surface area contributed by atoms with E-state index in [0.717, 1.165) is 38.6 Å². The molecule has 0 unspecified atom stereocenters. The van der Waals surface area contributed by atoms with Gasteiger partial charge in [0.05, 0.1) is 5.41 Å². The lowest BCUT2D eigenvalue weighted by atomic mass is 9.66. The van der Waals surface area contributed by atoms with E-state index in [4.69, 9.17) is 15.0 Å². The third kappa shape index (κ3) is 5.24. The van der Waals surface area contributed by atoms with Crippen LogP contribution in [0.1, 0.15) is 22.3 Å². The van der Waals surface area contributed by atoms with Crippen LogP contribution < -0.4 is 0 Å². The molecule has 1 aliphatic rings. The van der Waals surface area contributed by atoms with Gasteiger partial charge >= 0.3 is 0 Å². The first kappa shape index (κ1) is 32.9. The van der Waals surface area contributed by atoms with E-state index in [9.17, 15) is 0 Å². The molecule has 0 saturated heterocycles. The van der Waals surface area contributed by atoms with Crippen LogP contribution in [0.5, 0.6) is 0 Å². The van der Waals surface area contributed by atoms with Crippen LogP contribution in [-0.4, -0.2) is 15.0 Å². The Kier molecular flexibility index (Phi) is 7.71. The Hall–Kier alpha value is -7.49. The maximum atomic E-state index is 5.08. The second-order valence-electron chi connectivity index (χ2n) is 14.7. The lowest BCUT2D eigenvalue weighted by Gasteiger charge is -2.34. The Morgan fingerprint density at radius 3 is 1.42 bits per heavy atom. The van der Waals surface area contributed by atoms with E-state index in [1.165, 1.54) is 44.2 Å². The van der Waals surface area contributed by atoms with Crippen LogP contribution in [0.4, 0.5) is 0 Å². The molecule has 1 heterocycles. The smallest absolute Gasteiger partial charge is 0.164 e. The summed E-state index contributed by atoms with van der Waals surface area (Å²) in [6.45, 7) is 0. The van der Waals surface area contributed by atoms with Gasteiger partial charge in [-0.1, -0.05) is 200 Å². The highest BCUT2D eigenvalue weighted by atomic mass is 15.0. The maximum Gasteiger partial charge on any atom is 0.164 e. The number of nitrogens with zero attached hydrogens (tertiary/aromatic N) is 3. The summed E-state index contributed by atoms with van der Waals surface area (Å²) in [5.74, 6) is 1.95. The molecule has 0 bridgehead atoms. The molecule has 0 amide bonds. The second-order valence-corrected chi connectivity index (χ2v) is 14.7. The van der Waals surface area contributed by atoms with Gasteiger partial charge in [-0.3, -0.25) is 0 Å². The number of hydrogen-bond donors (Lipinski definition) is 0. The fraction of sp³-hybridized carbons (Fsp3) is 0.0185. The molecule has 3 nitrogen and oxygen atoms in total. The zero-order valence-corrected chi connectivity index (χ0v) is 31.0. The third-order valence-electron chi connectivity index (χ3n) is 11.6. The first-order valence-electron chi connectivity index (χ1n) is 19.4. The Morgan fingerprint density at radius 2 is 0.789 bits per heavy atom. The molecule has 0 atom stereocenters. The van der Waals surface area contributed by atoms with Crippen LogP contribution in [0.25, 0.3) is 78.0 Å². The molecule has 0 N–H and O–H groups in total. The van der Waals surface area contributed by atoms with Crippen molar-refractivity contribution in [3.05, 3.63) is 235 Å². The lowest BCUT2D eigenvalue weighted by molar-refractivity contribution is 0.775. The molecule has 9 aromatic carbocycles. The topological polar surface area (TPSA) is 38.7 Å². The first-order chi connectivity index (χ1) is 28.3. The molecule has 57 heavy (non-hydrogen) atoms. The van der Waals surface area contributed by atoms with Gasteiger partial charge in [-0.05, 0) is 78.2 Å². The van der Waals surface area contributed by atoms with Crippen molar-refractivity contribution in [2.75, 3.05) is 0 Å². The quantitative estimate of drug-likeness (QED) is 0.171. The third-order valence-corrected chi connectivity index (χ3v) is 11.6. The normalized spacial score (nSPS) is 12.7. The van der Waals surface area contributed by atoms with E-state index in [1.807, 2.05) is 60.7 Å². The van der Waals surface area contributed by atoms with Crippen LogP contribution >= 0.6 is 0 Å². The molecule has 0 saturated carbocycles. The van der Waals surface area contributed by atoms with Gasteiger partial charge in [-0.25, -0.2) is 15.0 Å². The van der Waals surface area contributed by atoms with Gasteiger partial charge in [0.1, 0.15) is 0 Å². The van der Waals surface area contributed by atoms with Crippen molar-refractivity contribution in [3.8, 4) is 56.4 Å². The van der Waals surface area contributed by atoms with E-state index >= 15 is 0 Å². The summed E-state index contributed by atoms with van der Waals surface area (Å²) in [6, 6.07) is 76.0. The number of fused-ring (bicyclic) bond motifs is 6. The number of hydrogen-bond acceptors (Lipinski definition) is 3. The highest BCUT2D eigenvalue weighted by molar-refractivity contribution is 6.07. The summed E-state index contributed by atoms with van der Waals surface area (Å²) in [5, 5.41) is 4.71. The first-order valence-corrected chi connectivity index (χ1v) is 19.4. The summed E-state index contributed by atoms with van der Waals surface area (Å²) < 4.78 is 0. The number of benzene rings is 9. The van der Waals surface area contributed by atoms with Crippen molar-refractivity contribution in [2.24, 2.45) is 0 Å². The minimum atomic E-state index is -0.467. The lowest BCUT2D eigenvalue weighted by Crippen LogP contribution is -2.28. The highest BCUT2D eigenvalue weighted by Crippen LogP contribution is 2.58. The van der Waals surface area contributed by atoms with Gasteiger partial charge in [0.25, 0.3) is 0 Å². The van der Waals surface area contributed by atoms with Crippen molar-refractivity contribution >= 4 is 21.5 Å². The Morgan fingerprint density at radius 1 is 0.298 bits per heavy atom. The van der Waals surface area contributed by atoms with Gasteiger partial charge in [-0.15, -0.1) is 0 Å². The average Bonchev–Trinajstić information content (AvgIpc) is 3.61. The van der Waals surface area contributed by atoms with E-state index in [0.29, 0.717) is 17.5 Å². The molecular formula is C54H35N3. The van der Waals surface area contributed by atoms with Crippen LogP contribution in [0.15, 0.2) is 212 Å². The highest BCUT2D eigenvalue weighted by Gasteiger charge is 2.46. The molecule has 0 spiro atoms. The van der Waals surface area contributed by atoms with Crippen molar-refractivity contribution in [1.82, 2.24) is 15.0 Å². The van der Waals surface area contributed by atoms with Crippen LogP contribution in [0, 0.1) is 0 Å². The molecule has 1 aliphatic carbocycles. The fourth-order valence-electron chi connectivity index (χ4n) is 9.12. The molecule has 3 heteroatoms. The summed E-state index contributed by atoms with van der Waals surface area (Å²) in [5.41, 5.74) is 12.5. The fourth-order valence-corrected chi connectivity index (χ4v) is 9.12. The van der Waals surface area contributed by atoms with Gasteiger partial charge < -0.3 is 0 Å². The minimum Gasteiger partial charge on any atom is -0.208 e. The molecule has 1 aromatic heterocycles. The second kappa shape index (κ2) is 13.4. The van der Waals surface area contributed by atoms with Crippen LogP contribution in [-0.2, 0) is 5.41 Å². The van der Waals surface area contributed by atoms with E-state index in [2.05, 4.69) is 152 Å². The molecular weight excluding hydrogens is 691 g/mol. The van der Waals surface area contributed by atoms with Gasteiger partial charge in [-0.2, -0.15) is 0 Å². The van der Waals surface area contributed by atoms with Crippen molar-refractivity contribution in [3.63, 3.8) is 0 Å². The maximum absolute atomic E-state index is 5.08. The van der Waals surface area contributed by atoms with Crippen molar-refractivity contribution in [1.29, 1.82) is 0 Å². The van der Waals surface area contributed by atoms with Crippen LogP contribution in [0.2, 0.25) is 0 Å². The monoisotopic (exact) mass is 725 g/mol. The molecule has 11 rings (SSSR count). The predicted molar refractivity (Wildman–Crippen MR) is 234 cm³/mol. The summed E-state index contributed by atoms with van der Waals surface area (Å²) in [6.07, 6.45) is 0. The van der Waals surface area contributed by atoms with Crippen molar-refractivity contribution in [2.45, 2.75) is 5.41 Å². The average molecular weight is 726 g/mol. The SMILES string of the molecule is c1ccc(-c2nc(-c3ccccc3)nc(-c3ccc(-c4ccc5c6c(ccc5c4)-c4ccccc4C6(c4ccccc4)c4ccccc4)c4ccccc34)n2)cc1. The van der Waals surface area contributed by atoms with Gasteiger partial charge in [0, 0.05) is 16.7 Å². The van der Waals surface area contributed by atoms with E-state index in [-0.39, 0.29) is 0 Å². The summed E-state index contributed by atoms with van der Waals surface area (Å²) in [4.78, 5) is 15.1. The van der Waals surface area contributed by atoms with E-state index < -0.39 is 5.41 Å². The van der Waals surface area contributed by atoms with Gasteiger partial charge in [0.2, 0.25) is 0 Å². The zero-order valence-electron chi connectivity index (χ0n) is 31.0. The van der Waals surface area contributed by atoms with Crippen molar-refractivity contribution < 1.29 is 0 Å². The van der Waals surface area contributed by atoms with Crippen LogP contribution in [0.3, 0.4) is 0 Å². The summed E-state index contributed by atoms with van der Waals surface area (Å²) in [7, 11) is 0. The predicted octanol–water partition coefficient (Wildman–Crippen LogP) is 13.2. The molecule has 0 aliphatic heterocycles. The minimum absolute atomic E-state index is 0.467. The molecule has 266 valence electrons. The molecule has 0 radical (unpaired) electrons. The standard InChI is InChI=1S/C54H35N3/c1-5-17-36(18-6-1)51-55-52(37-19-7-2-8-20-37)57-53(56-51)48-34-33-42(44-25-13-14-26-45(44)48)38-29-31-43-39(35-38)30-32-47-46-27-15-16-28-49(46)54(50(43)47,40-21-9-3-10-22-40)41-23-11-4-12-24-41/h1-35H. The number of rotatable bonds is 6.